The van der Waals surface area contributed by atoms with Crippen LogP contribution < -0.4 is 0 Å². The van der Waals surface area contributed by atoms with Crippen LogP contribution >= 0.6 is 0 Å². The first-order valence-electron chi connectivity index (χ1n) is 24.4. The molecule has 1 fully saturated rings. The first-order chi connectivity index (χ1) is 28.4. The van der Waals surface area contributed by atoms with Crippen LogP contribution in [0.25, 0.3) is 0 Å². The lowest BCUT2D eigenvalue weighted by molar-refractivity contribution is -0.305. The highest BCUT2D eigenvalue weighted by molar-refractivity contribution is 5.69. The molecule has 1 aliphatic heterocycles. The molecule has 1 aliphatic rings. The average molecular weight is 825 g/mol. The molecule has 0 aliphatic carbocycles. The molecule has 0 amide bonds. The number of allylic oxidation sites excluding steroid dienone is 4. The predicted octanol–water partition coefficient (Wildman–Crippen LogP) is 11.4. The van der Waals surface area contributed by atoms with Crippen LogP contribution in [0.3, 0.4) is 0 Å². The monoisotopic (exact) mass is 825 g/mol. The summed E-state index contributed by atoms with van der Waals surface area (Å²) < 4.78 is 22.9. The Bertz CT molecular complexity index is 941. The summed E-state index contributed by atoms with van der Waals surface area (Å²) in [5, 5.41) is 40.2. The lowest BCUT2D eigenvalue weighted by Crippen LogP contribution is -2.59. The summed E-state index contributed by atoms with van der Waals surface area (Å²) >= 11 is 0. The summed E-state index contributed by atoms with van der Waals surface area (Å²) in [5.74, 6) is -0.315. The lowest BCUT2D eigenvalue weighted by atomic mass is 9.99. The minimum atomic E-state index is -1.54. The molecule has 1 rings (SSSR count). The molecule has 342 valence electrons. The molecule has 0 aromatic rings. The molecule has 1 heterocycles. The minimum absolute atomic E-state index is 0.114. The van der Waals surface area contributed by atoms with Crippen LogP contribution in [0.2, 0.25) is 0 Å². The molecule has 0 spiro atoms. The van der Waals surface area contributed by atoms with Gasteiger partial charge in [0.2, 0.25) is 0 Å². The fourth-order valence-electron chi connectivity index (χ4n) is 7.48. The van der Waals surface area contributed by atoms with E-state index >= 15 is 0 Å². The fourth-order valence-corrected chi connectivity index (χ4v) is 7.48. The lowest BCUT2D eigenvalue weighted by Gasteiger charge is -2.39. The molecular weight excluding hydrogens is 733 g/mol. The number of carbonyl (C=O) groups is 1. The van der Waals surface area contributed by atoms with Gasteiger partial charge in [0.25, 0.3) is 0 Å². The van der Waals surface area contributed by atoms with Gasteiger partial charge in [-0.15, -0.1) is 0 Å². The number of rotatable bonds is 42. The number of carbonyl (C=O) groups excluding carboxylic acids is 1. The molecule has 6 unspecified atom stereocenters. The molecule has 0 aromatic heterocycles. The average Bonchev–Trinajstić information content (AvgIpc) is 3.22. The highest BCUT2D eigenvalue weighted by Crippen LogP contribution is 2.23. The van der Waals surface area contributed by atoms with E-state index in [2.05, 4.69) is 38.2 Å². The van der Waals surface area contributed by atoms with Gasteiger partial charge in [-0.2, -0.15) is 0 Å². The van der Waals surface area contributed by atoms with E-state index in [0.29, 0.717) is 13.0 Å². The van der Waals surface area contributed by atoms with Crippen molar-refractivity contribution < 1.29 is 44.2 Å². The number of esters is 1. The smallest absolute Gasteiger partial charge is 0.306 e. The Kier molecular flexibility index (Phi) is 38.7. The van der Waals surface area contributed by atoms with Gasteiger partial charge in [-0.3, -0.25) is 4.79 Å². The number of aliphatic hydroxyl groups is 4. The zero-order valence-electron chi connectivity index (χ0n) is 37.6. The topological polar surface area (TPSA) is 135 Å². The van der Waals surface area contributed by atoms with Gasteiger partial charge in [-0.1, -0.05) is 173 Å². The van der Waals surface area contributed by atoms with Crippen LogP contribution in [0, 0.1) is 0 Å². The number of hydrogen-bond acceptors (Lipinski definition) is 9. The quantitative estimate of drug-likeness (QED) is 0.0269. The third kappa shape index (κ3) is 31.5. The molecule has 0 radical (unpaired) electrons. The van der Waals surface area contributed by atoms with E-state index in [0.717, 1.165) is 32.1 Å². The van der Waals surface area contributed by atoms with Crippen LogP contribution in [0.1, 0.15) is 219 Å². The maximum atomic E-state index is 12.8. The third-order valence-electron chi connectivity index (χ3n) is 11.3. The molecule has 6 atom stereocenters. The molecule has 9 heteroatoms. The van der Waals surface area contributed by atoms with E-state index in [1.807, 2.05) is 0 Å². The minimum Gasteiger partial charge on any atom is -0.457 e. The second kappa shape index (κ2) is 41.0. The second-order valence-electron chi connectivity index (χ2n) is 16.9. The Labute approximate surface area is 356 Å². The number of unbranched alkanes of at least 4 members (excludes halogenated alkanes) is 27. The molecule has 9 nitrogen and oxygen atoms in total. The summed E-state index contributed by atoms with van der Waals surface area (Å²) in [7, 11) is 0. The van der Waals surface area contributed by atoms with Crippen molar-refractivity contribution in [2.24, 2.45) is 0 Å². The van der Waals surface area contributed by atoms with E-state index in [4.69, 9.17) is 18.9 Å². The summed E-state index contributed by atoms with van der Waals surface area (Å²) in [6.07, 6.45) is 40.6. The normalized spacial score (nSPS) is 20.4. The highest BCUT2D eigenvalue weighted by atomic mass is 16.7. The van der Waals surface area contributed by atoms with Crippen LogP contribution in [-0.4, -0.2) is 89.6 Å². The molecule has 1 saturated heterocycles. The first-order valence-corrected chi connectivity index (χ1v) is 24.4. The maximum absolute atomic E-state index is 12.8. The van der Waals surface area contributed by atoms with E-state index in [1.54, 1.807) is 0 Å². The molecule has 4 N–H and O–H groups in total. The Morgan fingerprint density at radius 2 is 0.948 bits per heavy atom. The van der Waals surface area contributed by atoms with Crippen molar-refractivity contribution in [1.29, 1.82) is 0 Å². The zero-order chi connectivity index (χ0) is 42.2. The summed E-state index contributed by atoms with van der Waals surface area (Å²) in [6.45, 7) is 4.56. The standard InChI is InChI=1S/C49H92O9/c1-3-5-7-9-11-13-15-17-19-21-22-23-24-26-28-30-32-34-36-38-45(51)57-43(42-56-49-48(54)47(53)46(52)44(40-50)58-49)41-55-39-37-35-33-31-29-27-25-20-18-16-14-12-10-8-6-4-2/h17-20,43-44,46-50,52-54H,3-16,21-42H2,1-2H3/b19-17-,20-18-. The van der Waals surface area contributed by atoms with Gasteiger partial charge >= 0.3 is 5.97 Å². The highest BCUT2D eigenvalue weighted by Gasteiger charge is 2.44. The third-order valence-corrected chi connectivity index (χ3v) is 11.3. The van der Waals surface area contributed by atoms with Gasteiger partial charge in [0.1, 0.15) is 30.5 Å². The summed E-state index contributed by atoms with van der Waals surface area (Å²) in [5.41, 5.74) is 0. The van der Waals surface area contributed by atoms with Gasteiger partial charge in [-0.25, -0.2) is 0 Å². The largest absolute Gasteiger partial charge is 0.457 e. The zero-order valence-corrected chi connectivity index (χ0v) is 37.6. The van der Waals surface area contributed by atoms with Gasteiger partial charge in [0, 0.05) is 13.0 Å². The van der Waals surface area contributed by atoms with Crippen molar-refractivity contribution in [3.05, 3.63) is 24.3 Å². The van der Waals surface area contributed by atoms with Crippen molar-refractivity contribution in [2.45, 2.75) is 256 Å². The molecular formula is C49H92O9. The maximum Gasteiger partial charge on any atom is 0.306 e. The molecule has 0 aromatic carbocycles. The second-order valence-corrected chi connectivity index (χ2v) is 16.9. The summed E-state index contributed by atoms with van der Waals surface area (Å²) in [6, 6.07) is 0. The van der Waals surface area contributed by atoms with E-state index in [-0.39, 0.29) is 19.2 Å². The fraction of sp³-hybridized carbons (Fsp3) is 0.898. The molecule has 0 bridgehead atoms. The molecule has 58 heavy (non-hydrogen) atoms. The Hall–Kier alpha value is -1.33. The van der Waals surface area contributed by atoms with Crippen LogP contribution in [0.5, 0.6) is 0 Å². The first kappa shape index (κ1) is 54.7. The Morgan fingerprint density at radius 3 is 1.40 bits per heavy atom. The Morgan fingerprint density at radius 1 is 0.534 bits per heavy atom. The SMILES string of the molecule is CCCCCCCC/C=C\CCCCCCCCCCCC(=O)OC(COCCCCCCCC/C=C\CCCCCCCC)COC1OC(CO)C(O)C(O)C1O. The van der Waals surface area contributed by atoms with Gasteiger partial charge < -0.3 is 39.4 Å². The van der Waals surface area contributed by atoms with Crippen LogP contribution in [-0.2, 0) is 23.7 Å². The number of aliphatic hydroxyl groups excluding tert-OH is 4. The van der Waals surface area contributed by atoms with E-state index < -0.39 is 43.4 Å². The van der Waals surface area contributed by atoms with Gasteiger partial charge in [-0.05, 0) is 64.2 Å². The summed E-state index contributed by atoms with van der Waals surface area (Å²) in [4.78, 5) is 12.8. The van der Waals surface area contributed by atoms with Crippen molar-refractivity contribution in [3.63, 3.8) is 0 Å². The van der Waals surface area contributed by atoms with Crippen molar-refractivity contribution in [3.8, 4) is 0 Å². The van der Waals surface area contributed by atoms with Crippen molar-refractivity contribution >= 4 is 5.97 Å². The van der Waals surface area contributed by atoms with Crippen molar-refractivity contribution in [2.75, 3.05) is 26.4 Å². The number of hydrogen-bond donors (Lipinski definition) is 4. The van der Waals surface area contributed by atoms with Crippen LogP contribution in [0.4, 0.5) is 0 Å². The molecule has 0 saturated carbocycles. The predicted molar refractivity (Wildman–Crippen MR) is 238 cm³/mol. The van der Waals surface area contributed by atoms with Gasteiger partial charge in [0.15, 0.2) is 6.29 Å². The van der Waals surface area contributed by atoms with Gasteiger partial charge in [0.05, 0.1) is 19.8 Å². The van der Waals surface area contributed by atoms with Crippen LogP contribution in [0.15, 0.2) is 24.3 Å². The Balaban J connectivity index is 2.23. The number of ether oxygens (including phenoxy) is 4. The van der Waals surface area contributed by atoms with E-state index in [9.17, 15) is 25.2 Å². The van der Waals surface area contributed by atoms with Crippen molar-refractivity contribution in [1.82, 2.24) is 0 Å². The van der Waals surface area contributed by atoms with E-state index in [1.165, 1.54) is 167 Å².